The van der Waals surface area contributed by atoms with Crippen LogP contribution in [0.4, 0.5) is 0 Å². The Morgan fingerprint density at radius 3 is 1.23 bits per heavy atom. The standard InChI is InChI=1S/C57H111N2O6P/c1-6-8-10-12-14-16-18-20-22-24-25-26-27-28-29-30-31-32-33-35-37-39-41-43-45-47-49-51-57(61)58-55(54-65-66(62,63)64-53-52-59(3,4)5)56(60)50-48-46-44-42-40-38-36-34-23-21-19-17-15-13-11-9-7-2/h28-29,40,42,48,50,55-56,60H,6-27,30-39,41,43-47,49,51-54H2,1-5H3,(H-,58,61,62,63)/b29-28-,42-40+,50-48+. The van der Waals surface area contributed by atoms with E-state index in [4.69, 9.17) is 9.05 Å². The molecule has 390 valence electrons. The zero-order chi connectivity index (χ0) is 48.5. The molecule has 0 aromatic rings. The number of hydrogen-bond donors (Lipinski definition) is 2. The van der Waals surface area contributed by atoms with Crippen LogP contribution < -0.4 is 10.2 Å². The highest BCUT2D eigenvalue weighted by molar-refractivity contribution is 7.45. The maximum Gasteiger partial charge on any atom is 0.268 e. The fourth-order valence-corrected chi connectivity index (χ4v) is 9.06. The van der Waals surface area contributed by atoms with E-state index in [1.807, 2.05) is 27.2 Å². The third-order valence-electron chi connectivity index (χ3n) is 12.8. The summed E-state index contributed by atoms with van der Waals surface area (Å²) in [6, 6.07) is -0.903. The van der Waals surface area contributed by atoms with Crippen LogP contribution in [0.1, 0.15) is 271 Å². The molecule has 0 aliphatic heterocycles. The van der Waals surface area contributed by atoms with Gasteiger partial charge in [0, 0.05) is 6.42 Å². The molecule has 0 saturated carbocycles. The van der Waals surface area contributed by atoms with Gasteiger partial charge in [0.2, 0.25) is 5.91 Å². The fraction of sp³-hybridized carbons (Fsp3) is 0.877. The number of nitrogens with one attached hydrogen (secondary N) is 1. The van der Waals surface area contributed by atoms with E-state index in [-0.39, 0.29) is 12.5 Å². The van der Waals surface area contributed by atoms with Crippen LogP contribution >= 0.6 is 7.82 Å². The summed E-state index contributed by atoms with van der Waals surface area (Å²) < 4.78 is 23.3. The number of phosphoric acid groups is 1. The van der Waals surface area contributed by atoms with Gasteiger partial charge in [-0.2, -0.15) is 0 Å². The van der Waals surface area contributed by atoms with Gasteiger partial charge in [0.1, 0.15) is 13.2 Å². The van der Waals surface area contributed by atoms with Crippen LogP contribution in [0.5, 0.6) is 0 Å². The van der Waals surface area contributed by atoms with Gasteiger partial charge in [-0.25, -0.2) is 0 Å². The van der Waals surface area contributed by atoms with Gasteiger partial charge in [-0.15, -0.1) is 0 Å². The fourth-order valence-electron chi connectivity index (χ4n) is 8.34. The van der Waals surface area contributed by atoms with Crippen molar-refractivity contribution in [1.29, 1.82) is 0 Å². The highest BCUT2D eigenvalue weighted by Gasteiger charge is 2.23. The Labute approximate surface area is 410 Å². The van der Waals surface area contributed by atoms with Gasteiger partial charge in [0.05, 0.1) is 39.9 Å². The zero-order valence-corrected chi connectivity index (χ0v) is 45.3. The highest BCUT2D eigenvalue weighted by atomic mass is 31.2. The largest absolute Gasteiger partial charge is 0.756 e. The van der Waals surface area contributed by atoms with E-state index in [1.165, 1.54) is 212 Å². The van der Waals surface area contributed by atoms with Crippen molar-refractivity contribution < 1.29 is 32.9 Å². The summed E-state index contributed by atoms with van der Waals surface area (Å²) in [4.78, 5) is 25.5. The first-order chi connectivity index (χ1) is 32.0. The van der Waals surface area contributed by atoms with E-state index in [0.29, 0.717) is 17.4 Å². The average molecular weight is 951 g/mol. The molecule has 0 aliphatic rings. The number of hydrogen-bond acceptors (Lipinski definition) is 6. The molecule has 0 aromatic heterocycles. The Hall–Kier alpha value is -1.28. The monoisotopic (exact) mass is 951 g/mol. The summed E-state index contributed by atoms with van der Waals surface area (Å²) >= 11 is 0. The van der Waals surface area contributed by atoms with Crippen LogP contribution in [0.25, 0.3) is 0 Å². The number of quaternary nitrogens is 1. The van der Waals surface area contributed by atoms with Crippen molar-refractivity contribution in [3.8, 4) is 0 Å². The summed E-state index contributed by atoms with van der Waals surface area (Å²) in [5, 5.41) is 13.8. The number of phosphoric ester groups is 1. The van der Waals surface area contributed by atoms with Gasteiger partial charge in [-0.3, -0.25) is 9.36 Å². The first-order valence-electron chi connectivity index (χ1n) is 28.4. The zero-order valence-electron chi connectivity index (χ0n) is 44.4. The van der Waals surface area contributed by atoms with Gasteiger partial charge >= 0.3 is 0 Å². The minimum atomic E-state index is -4.60. The van der Waals surface area contributed by atoms with Gasteiger partial charge in [-0.05, 0) is 57.8 Å². The van der Waals surface area contributed by atoms with E-state index >= 15 is 0 Å². The Kier molecular flexibility index (Phi) is 47.8. The molecule has 66 heavy (non-hydrogen) atoms. The average Bonchev–Trinajstić information content (AvgIpc) is 3.28. The molecule has 3 unspecified atom stereocenters. The number of carbonyl (C=O) groups is 1. The van der Waals surface area contributed by atoms with Crippen molar-refractivity contribution in [1.82, 2.24) is 5.32 Å². The maximum absolute atomic E-state index is 12.9. The summed E-state index contributed by atoms with van der Waals surface area (Å²) in [5.41, 5.74) is 0. The van der Waals surface area contributed by atoms with E-state index in [9.17, 15) is 19.4 Å². The number of nitrogens with zero attached hydrogens (tertiary/aromatic N) is 1. The molecule has 0 aromatic carbocycles. The third kappa shape index (κ3) is 50.6. The van der Waals surface area contributed by atoms with Crippen LogP contribution in [0.15, 0.2) is 36.5 Å². The van der Waals surface area contributed by atoms with E-state index in [2.05, 4.69) is 43.5 Å². The highest BCUT2D eigenvalue weighted by Crippen LogP contribution is 2.38. The Morgan fingerprint density at radius 2 is 0.848 bits per heavy atom. The number of rotatable bonds is 52. The minimum absolute atomic E-state index is 0.00578. The number of allylic oxidation sites excluding steroid dienone is 5. The lowest BCUT2D eigenvalue weighted by Gasteiger charge is -2.29. The van der Waals surface area contributed by atoms with Crippen LogP contribution in [0, 0.1) is 0 Å². The Balaban J connectivity index is 4.19. The van der Waals surface area contributed by atoms with Crippen molar-refractivity contribution in [2.24, 2.45) is 0 Å². The second-order valence-electron chi connectivity index (χ2n) is 20.6. The molecule has 9 heteroatoms. The summed E-state index contributed by atoms with van der Waals surface area (Å²) in [5.74, 6) is -0.205. The van der Waals surface area contributed by atoms with Gasteiger partial charge in [-0.1, -0.05) is 243 Å². The smallest absolute Gasteiger partial charge is 0.268 e. The number of aliphatic hydroxyl groups excluding tert-OH is 1. The van der Waals surface area contributed by atoms with Crippen molar-refractivity contribution in [2.75, 3.05) is 40.9 Å². The Morgan fingerprint density at radius 1 is 0.515 bits per heavy atom. The second kappa shape index (κ2) is 48.7. The molecule has 0 fully saturated rings. The predicted molar refractivity (Wildman–Crippen MR) is 284 cm³/mol. The van der Waals surface area contributed by atoms with Gasteiger partial charge in [0.25, 0.3) is 7.82 Å². The number of aliphatic hydroxyl groups is 1. The number of unbranched alkanes of at least 4 members (excludes halogenated alkanes) is 35. The normalized spacial score (nSPS) is 14.2. The number of carbonyl (C=O) groups excluding carboxylic acids is 1. The molecule has 0 heterocycles. The topological polar surface area (TPSA) is 108 Å². The molecular weight excluding hydrogens is 840 g/mol. The van der Waals surface area contributed by atoms with Crippen molar-refractivity contribution >= 4 is 13.7 Å². The van der Waals surface area contributed by atoms with Crippen molar-refractivity contribution in [3.05, 3.63) is 36.5 Å². The van der Waals surface area contributed by atoms with Crippen molar-refractivity contribution in [2.45, 2.75) is 283 Å². The maximum atomic E-state index is 12.9. The molecule has 2 N–H and O–H groups in total. The molecule has 8 nitrogen and oxygen atoms in total. The van der Waals surface area contributed by atoms with Crippen LogP contribution in [-0.2, 0) is 18.4 Å². The van der Waals surface area contributed by atoms with Crippen LogP contribution in [0.2, 0.25) is 0 Å². The van der Waals surface area contributed by atoms with Crippen LogP contribution in [-0.4, -0.2) is 68.5 Å². The molecule has 1 amide bonds. The lowest BCUT2D eigenvalue weighted by molar-refractivity contribution is -0.870. The molecule has 0 rings (SSSR count). The first-order valence-corrected chi connectivity index (χ1v) is 29.8. The molecule has 0 spiro atoms. The molecule has 0 radical (unpaired) electrons. The third-order valence-corrected chi connectivity index (χ3v) is 13.8. The van der Waals surface area contributed by atoms with Crippen molar-refractivity contribution in [3.63, 3.8) is 0 Å². The van der Waals surface area contributed by atoms with E-state index in [1.54, 1.807) is 6.08 Å². The predicted octanol–water partition coefficient (Wildman–Crippen LogP) is 16.4. The minimum Gasteiger partial charge on any atom is -0.756 e. The summed E-state index contributed by atoms with van der Waals surface area (Å²) in [7, 11) is 1.25. The summed E-state index contributed by atoms with van der Waals surface area (Å²) in [6.45, 7) is 4.65. The quantitative estimate of drug-likeness (QED) is 0.0272. The lowest BCUT2D eigenvalue weighted by Crippen LogP contribution is -2.45. The summed E-state index contributed by atoms with van der Waals surface area (Å²) in [6.07, 6.45) is 62.2. The van der Waals surface area contributed by atoms with Crippen LogP contribution in [0.3, 0.4) is 0 Å². The van der Waals surface area contributed by atoms with E-state index < -0.39 is 26.6 Å². The molecule has 0 bridgehead atoms. The number of amides is 1. The SMILES string of the molecule is CCCCCCCCCCCCC/C=C/CC/C=C/C(O)C(COP(=O)([O-])OCC[N+](C)(C)C)NC(=O)CCCCCCCCCCCCC/C=C\CCCCCCCCCCCCCC. The second-order valence-corrected chi connectivity index (χ2v) is 22.0. The van der Waals surface area contributed by atoms with Gasteiger partial charge < -0.3 is 28.8 Å². The lowest BCUT2D eigenvalue weighted by atomic mass is 10.0. The molecule has 0 aliphatic carbocycles. The van der Waals surface area contributed by atoms with E-state index in [0.717, 1.165) is 38.5 Å². The first kappa shape index (κ1) is 64.7. The molecule has 0 saturated heterocycles. The number of likely N-dealkylation sites (N-methyl/N-ethyl adjacent to an activating group) is 1. The Bertz CT molecular complexity index is 1170. The molecular formula is C57H111N2O6P. The van der Waals surface area contributed by atoms with Gasteiger partial charge in [0.15, 0.2) is 0 Å². The molecule has 3 atom stereocenters.